The molecule has 0 aromatic carbocycles. The zero-order valence-corrected chi connectivity index (χ0v) is 10.8. The summed E-state index contributed by atoms with van der Waals surface area (Å²) in [4.78, 5) is 28.1. The van der Waals surface area contributed by atoms with Gasteiger partial charge in [-0.2, -0.15) is 0 Å². The van der Waals surface area contributed by atoms with E-state index in [1.807, 2.05) is 20.8 Å². The Kier molecular flexibility index (Phi) is 3.07. The van der Waals surface area contributed by atoms with Gasteiger partial charge in [-0.3, -0.25) is 14.7 Å². The molecule has 1 amide bonds. The average Bonchev–Trinajstić information content (AvgIpc) is 2.69. The number of pyridine rings is 1. The minimum Gasteiger partial charge on any atom is -0.444 e. The fraction of sp³-hybridized carbons (Fsp3) is 0.462. The van der Waals surface area contributed by atoms with Gasteiger partial charge < -0.3 is 4.74 Å². The maximum atomic E-state index is 11.9. The Bertz CT molecular complexity index is 491. The van der Waals surface area contributed by atoms with Crippen LogP contribution in [0.2, 0.25) is 0 Å². The number of amides is 1. The van der Waals surface area contributed by atoms with Crippen molar-refractivity contribution < 1.29 is 14.3 Å². The van der Waals surface area contributed by atoms with Gasteiger partial charge in [0, 0.05) is 12.7 Å². The molecule has 0 fully saturated rings. The van der Waals surface area contributed by atoms with Crippen molar-refractivity contribution >= 4 is 12.4 Å². The zero-order valence-electron chi connectivity index (χ0n) is 10.8. The predicted molar refractivity (Wildman–Crippen MR) is 65.1 cm³/mol. The van der Waals surface area contributed by atoms with Crippen molar-refractivity contribution in [2.24, 2.45) is 0 Å². The number of aromatic nitrogens is 1. The molecule has 0 saturated carbocycles. The Morgan fingerprint density at radius 1 is 1.39 bits per heavy atom. The van der Waals surface area contributed by atoms with Crippen LogP contribution in [0.5, 0.6) is 0 Å². The molecule has 96 valence electrons. The molecule has 1 aromatic rings. The summed E-state index contributed by atoms with van der Waals surface area (Å²) >= 11 is 0. The Morgan fingerprint density at radius 3 is 2.67 bits per heavy atom. The maximum absolute atomic E-state index is 11.9. The SMILES string of the molecule is CC(C)(C)OC(=O)N1Cc2cnc(C=O)cc2C1. The summed E-state index contributed by atoms with van der Waals surface area (Å²) in [6, 6.07) is 1.71. The first-order valence-corrected chi connectivity index (χ1v) is 5.80. The topological polar surface area (TPSA) is 59.5 Å². The first-order valence-electron chi connectivity index (χ1n) is 5.80. The Morgan fingerprint density at radius 2 is 2.06 bits per heavy atom. The van der Waals surface area contributed by atoms with Gasteiger partial charge in [0.05, 0.1) is 6.54 Å². The summed E-state index contributed by atoms with van der Waals surface area (Å²) in [6.45, 7) is 6.45. The van der Waals surface area contributed by atoms with Crippen molar-refractivity contribution in [3.8, 4) is 0 Å². The highest BCUT2D eigenvalue weighted by Gasteiger charge is 2.27. The number of hydrogen-bond acceptors (Lipinski definition) is 4. The Labute approximate surface area is 106 Å². The van der Waals surface area contributed by atoms with E-state index in [2.05, 4.69) is 4.98 Å². The van der Waals surface area contributed by atoms with E-state index in [9.17, 15) is 9.59 Å². The van der Waals surface area contributed by atoms with E-state index in [4.69, 9.17) is 4.74 Å². The molecular formula is C13H16N2O3. The van der Waals surface area contributed by atoms with E-state index in [0.29, 0.717) is 25.1 Å². The van der Waals surface area contributed by atoms with Crippen LogP contribution in [0.15, 0.2) is 12.3 Å². The van der Waals surface area contributed by atoms with Crippen molar-refractivity contribution in [1.82, 2.24) is 9.88 Å². The number of carbonyl (C=O) groups is 2. The molecule has 1 aliphatic rings. The number of fused-ring (bicyclic) bond motifs is 1. The zero-order chi connectivity index (χ0) is 13.3. The third kappa shape index (κ3) is 2.67. The van der Waals surface area contributed by atoms with E-state index in [0.717, 1.165) is 11.1 Å². The first-order chi connectivity index (χ1) is 8.39. The lowest BCUT2D eigenvalue weighted by molar-refractivity contribution is 0.0242. The lowest BCUT2D eigenvalue weighted by Gasteiger charge is -2.24. The molecule has 2 rings (SSSR count). The first kappa shape index (κ1) is 12.5. The largest absolute Gasteiger partial charge is 0.444 e. The van der Waals surface area contributed by atoms with Crippen LogP contribution < -0.4 is 0 Å². The molecule has 1 aromatic heterocycles. The fourth-order valence-corrected chi connectivity index (χ4v) is 1.82. The molecule has 0 N–H and O–H groups in total. The van der Waals surface area contributed by atoms with Crippen molar-refractivity contribution in [3.05, 3.63) is 29.1 Å². The van der Waals surface area contributed by atoms with Crippen LogP contribution in [0.4, 0.5) is 4.79 Å². The van der Waals surface area contributed by atoms with Gasteiger partial charge in [-0.1, -0.05) is 0 Å². The molecule has 0 saturated heterocycles. The molecule has 0 unspecified atom stereocenters. The number of carbonyl (C=O) groups excluding carboxylic acids is 2. The molecular weight excluding hydrogens is 232 g/mol. The second-order valence-corrected chi connectivity index (χ2v) is 5.33. The van der Waals surface area contributed by atoms with Crippen LogP contribution >= 0.6 is 0 Å². The Balaban J connectivity index is 2.10. The smallest absolute Gasteiger partial charge is 0.410 e. The van der Waals surface area contributed by atoms with Crippen molar-refractivity contribution in [2.45, 2.75) is 39.5 Å². The van der Waals surface area contributed by atoms with E-state index in [1.165, 1.54) is 0 Å². The highest BCUT2D eigenvalue weighted by molar-refractivity contribution is 5.73. The van der Waals surface area contributed by atoms with Crippen molar-refractivity contribution in [2.75, 3.05) is 0 Å². The van der Waals surface area contributed by atoms with E-state index in [-0.39, 0.29) is 6.09 Å². The van der Waals surface area contributed by atoms with Gasteiger partial charge in [-0.25, -0.2) is 4.79 Å². The summed E-state index contributed by atoms with van der Waals surface area (Å²) < 4.78 is 5.31. The number of ether oxygens (including phenoxy) is 1. The van der Waals surface area contributed by atoms with Crippen LogP contribution in [-0.4, -0.2) is 27.9 Å². The summed E-state index contributed by atoms with van der Waals surface area (Å²) in [6.07, 6.45) is 2.01. The molecule has 0 atom stereocenters. The fourth-order valence-electron chi connectivity index (χ4n) is 1.82. The summed E-state index contributed by atoms with van der Waals surface area (Å²) in [7, 11) is 0. The predicted octanol–water partition coefficient (Wildman–Crippen LogP) is 2.14. The van der Waals surface area contributed by atoms with Crippen molar-refractivity contribution in [3.63, 3.8) is 0 Å². The van der Waals surface area contributed by atoms with Crippen LogP contribution in [0.1, 0.15) is 42.4 Å². The highest BCUT2D eigenvalue weighted by Crippen LogP contribution is 2.24. The molecule has 5 nitrogen and oxygen atoms in total. The van der Waals surface area contributed by atoms with E-state index < -0.39 is 5.60 Å². The number of rotatable bonds is 1. The Hall–Kier alpha value is -1.91. The number of aldehydes is 1. The standard InChI is InChI=1S/C13H16N2O3/c1-13(2,3)18-12(17)15-6-9-4-11(8-16)14-5-10(9)7-15/h4-5,8H,6-7H2,1-3H3. The summed E-state index contributed by atoms with van der Waals surface area (Å²) in [5.41, 5.74) is 1.81. The van der Waals surface area contributed by atoms with Gasteiger partial charge >= 0.3 is 6.09 Å². The lowest BCUT2D eigenvalue weighted by Crippen LogP contribution is -2.33. The molecule has 18 heavy (non-hydrogen) atoms. The van der Waals surface area contributed by atoms with Crippen LogP contribution in [-0.2, 0) is 17.8 Å². The average molecular weight is 248 g/mol. The normalized spacial score (nSPS) is 14.3. The van der Waals surface area contributed by atoms with Gasteiger partial charge in [0.1, 0.15) is 11.3 Å². The monoisotopic (exact) mass is 248 g/mol. The summed E-state index contributed by atoms with van der Waals surface area (Å²) in [5.74, 6) is 0. The molecule has 2 heterocycles. The number of hydrogen-bond donors (Lipinski definition) is 0. The van der Waals surface area contributed by atoms with Gasteiger partial charge in [0.25, 0.3) is 0 Å². The molecule has 0 aliphatic carbocycles. The third-order valence-corrected chi connectivity index (χ3v) is 2.60. The lowest BCUT2D eigenvalue weighted by atomic mass is 10.1. The van der Waals surface area contributed by atoms with Crippen LogP contribution in [0, 0.1) is 0 Å². The third-order valence-electron chi connectivity index (χ3n) is 2.60. The van der Waals surface area contributed by atoms with Gasteiger partial charge in [0.2, 0.25) is 0 Å². The molecule has 5 heteroatoms. The van der Waals surface area contributed by atoms with E-state index >= 15 is 0 Å². The molecule has 0 spiro atoms. The second-order valence-electron chi connectivity index (χ2n) is 5.33. The second kappa shape index (κ2) is 4.40. The molecule has 1 aliphatic heterocycles. The quantitative estimate of drug-likeness (QED) is 0.714. The summed E-state index contributed by atoms with van der Waals surface area (Å²) in [5, 5.41) is 0. The van der Waals surface area contributed by atoms with Gasteiger partial charge in [-0.05, 0) is 38.0 Å². The minimum absolute atomic E-state index is 0.341. The molecule has 0 radical (unpaired) electrons. The molecule has 0 bridgehead atoms. The van der Waals surface area contributed by atoms with E-state index in [1.54, 1.807) is 17.2 Å². The maximum Gasteiger partial charge on any atom is 0.410 e. The van der Waals surface area contributed by atoms with Crippen molar-refractivity contribution in [1.29, 1.82) is 0 Å². The van der Waals surface area contributed by atoms with Crippen LogP contribution in [0.3, 0.4) is 0 Å². The van der Waals surface area contributed by atoms with Gasteiger partial charge in [0.15, 0.2) is 6.29 Å². The van der Waals surface area contributed by atoms with Crippen LogP contribution in [0.25, 0.3) is 0 Å². The number of nitrogens with zero attached hydrogens (tertiary/aromatic N) is 2. The highest BCUT2D eigenvalue weighted by atomic mass is 16.6. The minimum atomic E-state index is -0.502. The van der Waals surface area contributed by atoms with Gasteiger partial charge in [-0.15, -0.1) is 0 Å².